The van der Waals surface area contributed by atoms with Crippen molar-refractivity contribution in [3.05, 3.63) is 0 Å². The van der Waals surface area contributed by atoms with Crippen LogP contribution in [0.15, 0.2) is 0 Å². The van der Waals surface area contributed by atoms with E-state index in [1.807, 2.05) is 18.7 Å². The van der Waals surface area contributed by atoms with Crippen LogP contribution in [0.3, 0.4) is 0 Å². The minimum absolute atomic E-state index is 0.0677. The van der Waals surface area contributed by atoms with Crippen LogP contribution in [0.4, 0.5) is 4.79 Å². The minimum Gasteiger partial charge on any atom is -0.354 e. The number of carbonyl (C=O) groups is 2. The Labute approximate surface area is 119 Å². The maximum absolute atomic E-state index is 11.8. The first-order valence-electron chi connectivity index (χ1n) is 7.06. The van der Waals surface area contributed by atoms with Gasteiger partial charge in [0.1, 0.15) is 6.04 Å². The smallest absolute Gasteiger partial charge is 0.315 e. The molecular formula is C13H25N3O2S. The Bertz CT molecular complexity index is 300. The Kier molecular flexibility index (Phi) is 7.70. The van der Waals surface area contributed by atoms with Crippen molar-refractivity contribution in [2.75, 3.05) is 18.1 Å². The van der Waals surface area contributed by atoms with Crippen LogP contribution in [0, 0.1) is 0 Å². The Balaban J connectivity index is 2.27. The first-order valence-corrected chi connectivity index (χ1v) is 8.21. The molecule has 19 heavy (non-hydrogen) atoms. The highest BCUT2D eigenvalue weighted by Crippen LogP contribution is 2.06. The van der Waals surface area contributed by atoms with Gasteiger partial charge in [-0.15, -0.1) is 0 Å². The summed E-state index contributed by atoms with van der Waals surface area (Å²) in [5.41, 5.74) is 0. The van der Waals surface area contributed by atoms with Gasteiger partial charge in [-0.05, 0) is 44.1 Å². The first-order chi connectivity index (χ1) is 9.13. The molecule has 1 rings (SSSR count). The second kappa shape index (κ2) is 9.07. The molecule has 1 fully saturated rings. The SMILES string of the molecule is CCSCC[C@H](C)NC(=O)N[C@H]1CCCCNC1=O. The number of amides is 3. The Morgan fingerprint density at radius 1 is 1.53 bits per heavy atom. The summed E-state index contributed by atoms with van der Waals surface area (Å²) in [4.78, 5) is 23.5. The molecular weight excluding hydrogens is 262 g/mol. The van der Waals surface area contributed by atoms with E-state index in [9.17, 15) is 9.59 Å². The fraction of sp³-hybridized carbons (Fsp3) is 0.846. The highest BCUT2D eigenvalue weighted by Gasteiger charge is 2.22. The molecule has 0 radical (unpaired) electrons. The van der Waals surface area contributed by atoms with Crippen molar-refractivity contribution >= 4 is 23.7 Å². The second-order valence-electron chi connectivity index (χ2n) is 4.84. The molecule has 0 unspecified atom stereocenters. The third-order valence-electron chi connectivity index (χ3n) is 3.12. The van der Waals surface area contributed by atoms with Crippen molar-refractivity contribution in [1.82, 2.24) is 16.0 Å². The number of urea groups is 1. The Morgan fingerprint density at radius 3 is 3.05 bits per heavy atom. The summed E-state index contributed by atoms with van der Waals surface area (Å²) in [5.74, 6) is 2.07. The van der Waals surface area contributed by atoms with Crippen LogP contribution in [0.2, 0.25) is 0 Å². The van der Waals surface area contributed by atoms with E-state index < -0.39 is 0 Å². The molecule has 1 aliphatic rings. The summed E-state index contributed by atoms with van der Waals surface area (Å²) >= 11 is 1.87. The first kappa shape index (κ1) is 16.1. The predicted octanol–water partition coefficient (Wildman–Crippen LogP) is 1.49. The molecule has 6 heteroatoms. The van der Waals surface area contributed by atoms with Crippen molar-refractivity contribution < 1.29 is 9.59 Å². The maximum Gasteiger partial charge on any atom is 0.315 e. The van der Waals surface area contributed by atoms with Crippen molar-refractivity contribution in [2.45, 2.75) is 51.6 Å². The van der Waals surface area contributed by atoms with E-state index in [0.717, 1.165) is 37.2 Å². The number of hydrogen-bond acceptors (Lipinski definition) is 3. The molecule has 1 heterocycles. The quantitative estimate of drug-likeness (QED) is 0.648. The van der Waals surface area contributed by atoms with Crippen molar-refractivity contribution in [1.29, 1.82) is 0 Å². The third-order valence-corrected chi connectivity index (χ3v) is 4.05. The van der Waals surface area contributed by atoms with E-state index in [4.69, 9.17) is 0 Å². The largest absolute Gasteiger partial charge is 0.354 e. The molecule has 3 N–H and O–H groups in total. The van der Waals surface area contributed by atoms with Crippen LogP contribution >= 0.6 is 11.8 Å². The standard InChI is InChI=1S/C13H25N3O2S/c1-3-19-9-7-10(2)15-13(18)16-11-6-4-5-8-14-12(11)17/h10-11H,3-9H2,1-2H3,(H,14,17)(H2,15,16,18)/t10-,11-/m0/s1. The van der Waals surface area contributed by atoms with E-state index >= 15 is 0 Å². The zero-order valence-corrected chi connectivity index (χ0v) is 12.6. The molecule has 1 saturated heterocycles. The molecule has 0 bridgehead atoms. The summed E-state index contributed by atoms with van der Waals surface area (Å²) in [6, 6.07) is -0.497. The lowest BCUT2D eigenvalue weighted by Gasteiger charge is -2.18. The lowest BCUT2D eigenvalue weighted by atomic mass is 10.1. The van der Waals surface area contributed by atoms with Crippen LogP contribution in [0.1, 0.15) is 39.5 Å². The Morgan fingerprint density at radius 2 is 2.32 bits per heavy atom. The lowest BCUT2D eigenvalue weighted by Crippen LogP contribution is -2.50. The van der Waals surface area contributed by atoms with Gasteiger partial charge in [-0.1, -0.05) is 6.92 Å². The molecule has 0 saturated carbocycles. The van der Waals surface area contributed by atoms with Crippen LogP contribution in [0.5, 0.6) is 0 Å². The van der Waals surface area contributed by atoms with E-state index in [1.54, 1.807) is 0 Å². The van der Waals surface area contributed by atoms with Crippen LogP contribution in [-0.2, 0) is 4.79 Å². The Hall–Kier alpha value is -0.910. The normalized spacial score (nSPS) is 21.2. The molecule has 1 aliphatic heterocycles. The fourth-order valence-electron chi connectivity index (χ4n) is 1.98. The van der Waals surface area contributed by atoms with Gasteiger partial charge in [0, 0.05) is 12.6 Å². The van der Waals surface area contributed by atoms with Crippen LogP contribution in [-0.4, -0.2) is 42.1 Å². The number of hydrogen-bond donors (Lipinski definition) is 3. The second-order valence-corrected chi connectivity index (χ2v) is 6.24. The lowest BCUT2D eigenvalue weighted by molar-refractivity contribution is -0.122. The highest BCUT2D eigenvalue weighted by molar-refractivity contribution is 7.99. The molecule has 110 valence electrons. The van der Waals surface area contributed by atoms with Gasteiger partial charge < -0.3 is 16.0 Å². The van der Waals surface area contributed by atoms with Crippen molar-refractivity contribution in [3.8, 4) is 0 Å². The van der Waals surface area contributed by atoms with Gasteiger partial charge in [0.25, 0.3) is 0 Å². The summed E-state index contributed by atoms with van der Waals surface area (Å²) in [6.45, 7) is 4.83. The number of thioether (sulfide) groups is 1. The monoisotopic (exact) mass is 287 g/mol. The van der Waals surface area contributed by atoms with Gasteiger partial charge in [0.2, 0.25) is 5.91 Å². The van der Waals surface area contributed by atoms with Gasteiger partial charge >= 0.3 is 6.03 Å². The van der Waals surface area contributed by atoms with Crippen molar-refractivity contribution in [3.63, 3.8) is 0 Å². The van der Waals surface area contributed by atoms with Crippen LogP contribution < -0.4 is 16.0 Å². The molecule has 5 nitrogen and oxygen atoms in total. The fourth-order valence-corrected chi connectivity index (χ4v) is 2.79. The van der Waals surface area contributed by atoms with Gasteiger partial charge in [-0.3, -0.25) is 4.79 Å². The van der Waals surface area contributed by atoms with E-state index in [1.165, 1.54) is 0 Å². The zero-order valence-electron chi connectivity index (χ0n) is 11.8. The number of carbonyl (C=O) groups excluding carboxylic acids is 2. The summed E-state index contributed by atoms with van der Waals surface area (Å²) in [6.07, 6.45) is 3.62. The average Bonchev–Trinajstić information content (AvgIpc) is 2.55. The predicted molar refractivity (Wildman–Crippen MR) is 79.4 cm³/mol. The molecule has 0 aromatic rings. The molecule has 0 spiro atoms. The van der Waals surface area contributed by atoms with E-state index in [2.05, 4.69) is 22.9 Å². The molecule has 2 atom stereocenters. The van der Waals surface area contributed by atoms with Crippen LogP contribution in [0.25, 0.3) is 0 Å². The molecule has 0 aromatic carbocycles. The van der Waals surface area contributed by atoms with Gasteiger partial charge in [0.15, 0.2) is 0 Å². The zero-order chi connectivity index (χ0) is 14.1. The van der Waals surface area contributed by atoms with Gasteiger partial charge in [0.05, 0.1) is 0 Å². The number of rotatable bonds is 6. The van der Waals surface area contributed by atoms with Crippen molar-refractivity contribution in [2.24, 2.45) is 0 Å². The van der Waals surface area contributed by atoms with Gasteiger partial charge in [-0.25, -0.2) is 4.79 Å². The highest BCUT2D eigenvalue weighted by atomic mass is 32.2. The minimum atomic E-state index is -0.389. The van der Waals surface area contributed by atoms with E-state index in [0.29, 0.717) is 6.54 Å². The molecule has 3 amide bonds. The topological polar surface area (TPSA) is 70.2 Å². The number of nitrogens with one attached hydrogen (secondary N) is 3. The summed E-state index contributed by atoms with van der Waals surface area (Å²) < 4.78 is 0. The summed E-state index contributed by atoms with van der Waals surface area (Å²) in [7, 11) is 0. The molecule has 0 aromatic heterocycles. The third kappa shape index (κ3) is 6.71. The summed E-state index contributed by atoms with van der Waals surface area (Å²) in [5, 5.41) is 8.46. The van der Waals surface area contributed by atoms with Gasteiger partial charge in [-0.2, -0.15) is 11.8 Å². The van der Waals surface area contributed by atoms with E-state index in [-0.39, 0.29) is 24.0 Å². The average molecular weight is 287 g/mol. The molecule has 0 aliphatic carbocycles. The maximum atomic E-state index is 11.8.